The van der Waals surface area contributed by atoms with E-state index in [9.17, 15) is 14.0 Å². The van der Waals surface area contributed by atoms with Crippen LogP contribution in [0.25, 0.3) is 0 Å². The Morgan fingerprint density at radius 1 is 1.16 bits per heavy atom. The maximum absolute atomic E-state index is 13.5. The average molecular weight is 344 g/mol. The van der Waals surface area contributed by atoms with E-state index < -0.39 is 5.82 Å². The molecule has 0 saturated carbocycles. The van der Waals surface area contributed by atoms with Gasteiger partial charge in [-0.05, 0) is 42.3 Å². The Morgan fingerprint density at radius 3 is 2.48 bits per heavy atom. The molecular weight excluding hydrogens is 323 g/mol. The number of methoxy groups -OCH3 is 1. The number of aryl methyl sites for hydroxylation is 1. The molecule has 0 aliphatic rings. The molecule has 25 heavy (non-hydrogen) atoms. The molecule has 0 radical (unpaired) electrons. The van der Waals surface area contributed by atoms with Crippen LogP contribution in [0.3, 0.4) is 0 Å². The summed E-state index contributed by atoms with van der Waals surface area (Å²) in [5.41, 5.74) is 1.34. The van der Waals surface area contributed by atoms with E-state index in [0.717, 1.165) is 11.3 Å². The summed E-state index contributed by atoms with van der Waals surface area (Å²) in [5.74, 6) is -0.273. The molecule has 0 aliphatic heterocycles. The molecule has 2 aromatic carbocycles. The zero-order valence-electron chi connectivity index (χ0n) is 14.3. The predicted molar refractivity (Wildman–Crippen MR) is 94.1 cm³/mol. The van der Waals surface area contributed by atoms with Crippen molar-refractivity contribution in [3.05, 3.63) is 59.9 Å². The van der Waals surface area contributed by atoms with Crippen LogP contribution in [0.5, 0.6) is 5.75 Å². The van der Waals surface area contributed by atoms with Crippen LogP contribution < -0.4 is 15.0 Å². The molecule has 5 nitrogen and oxygen atoms in total. The number of benzene rings is 2. The number of amides is 2. The SMILES string of the molecule is CNC(=O)CN(C(=O)CCc1ccc(OC)cc1)c1cccc(F)c1. The number of ether oxygens (including phenoxy) is 1. The zero-order valence-corrected chi connectivity index (χ0v) is 14.3. The largest absolute Gasteiger partial charge is 0.497 e. The first-order valence-electron chi connectivity index (χ1n) is 7.93. The molecule has 0 aromatic heterocycles. The third-order valence-corrected chi connectivity index (χ3v) is 3.79. The van der Waals surface area contributed by atoms with Gasteiger partial charge in [-0.3, -0.25) is 9.59 Å². The highest BCUT2D eigenvalue weighted by Gasteiger charge is 2.19. The molecule has 6 heteroatoms. The van der Waals surface area contributed by atoms with Gasteiger partial charge in [-0.25, -0.2) is 4.39 Å². The normalized spacial score (nSPS) is 10.2. The molecule has 132 valence electrons. The molecule has 0 aliphatic carbocycles. The van der Waals surface area contributed by atoms with E-state index in [2.05, 4.69) is 5.32 Å². The Hall–Kier alpha value is -2.89. The van der Waals surface area contributed by atoms with Crippen molar-refractivity contribution in [3.8, 4) is 5.75 Å². The predicted octanol–water partition coefficient (Wildman–Crippen LogP) is 2.55. The third kappa shape index (κ3) is 5.31. The second-order valence-electron chi connectivity index (χ2n) is 5.48. The number of likely N-dealkylation sites (N-methyl/N-ethyl adjacent to an activating group) is 1. The van der Waals surface area contributed by atoms with E-state index >= 15 is 0 Å². The zero-order chi connectivity index (χ0) is 18.2. The van der Waals surface area contributed by atoms with Gasteiger partial charge in [0.2, 0.25) is 11.8 Å². The molecule has 0 fully saturated rings. The molecule has 0 spiro atoms. The lowest BCUT2D eigenvalue weighted by atomic mass is 10.1. The standard InChI is InChI=1S/C19H21FN2O3/c1-21-18(23)13-22(16-5-3-4-15(20)12-16)19(24)11-8-14-6-9-17(25-2)10-7-14/h3-7,9-10,12H,8,11,13H2,1-2H3,(H,21,23). The maximum atomic E-state index is 13.5. The number of carbonyl (C=O) groups excluding carboxylic acids is 2. The Labute approximate surface area is 146 Å². The smallest absolute Gasteiger partial charge is 0.239 e. The number of halogens is 1. The van der Waals surface area contributed by atoms with E-state index in [4.69, 9.17) is 4.74 Å². The average Bonchev–Trinajstić information content (AvgIpc) is 2.64. The first-order valence-corrected chi connectivity index (χ1v) is 7.93. The van der Waals surface area contributed by atoms with Crippen molar-refractivity contribution in [2.45, 2.75) is 12.8 Å². The number of rotatable bonds is 7. The summed E-state index contributed by atoms with van der Waals surface area (Å²) >= 11 is 0. The van der Waals surface area contributed by atoms with Crippen molar-refractivity contribution in [1.82, 2.24) is 5.32 Å². The van der Waals surface area contributed by atoms with Gasteiger partial charge in [-0.2, -0.15) is 0 Å². The van der Waals surface area contributed by atoms with E-state index in [0.29, 0.717) is 12.1 Å². The van der Waals surface area contributed by atoms with Gasteiger partial charge in [0.1, 0.15) is 18.1 Å². The molecule has 0 bridgehead atoms. The molecule has 0 atom stereocenters. The van der Waals surface area contributed by atoms with E-state index in [-0.39, 0.29) is 24.8 Å². The van der Waals surface area contributed by atoms with Crippen molar-refractivity contribution in [2.24, 2.45) is 0 Å². The van der Waals surface area contributed by atoms with Crippen molar-refractivity contribution >= 4 is 17.5 Å². The minimum atomic E-state index is -0.456. The van der Waals surface area contributed by atoms with Crippen molar-refractivity contribution in [1.29, 1.82) is 0 Å². The monoisotopic (exact) mass is 344 g/mol. The first-order chi connectivity index (χ1) is 12.0. The second-order valence-corrected chi connectivity index (χ2v) is 5.48. The van der Waals surface area contributed by atoms with Crippen LogP contribution in [0.1, 0.15) is 12.0 Å². The van der Waals surface area contributed by atoms with Crippen molar-refractivity contribution < 1.29 is 18.7 Å². The molecule has 2 rings (SSSR count). The van der Waals surface area contributed by atoms with Crippen molar-refractivity contribution in [3.63, 3.8) is 0 Å². The highest BCUT2D eigenvalue weighted by molar-refractivity contribution is 5.98. The molecule has 2 aromatic rings. The Balaban J connectivity index is 2.09. The minimum absolute atomic E-state index is 0.151. The van der Waals surface area contributed by atoms with Crippen LogP contribution in [0, 0.1) is 5.82 Å². The quantitative estimate of drug-likeness (QED) is 0.840. The lowest BCUT2D eigenvalue weighted by Gasteiger charge is -2.22. The fourth-order valence-corrected chi connectivity index (χ4v) is 2.37. The summed E-state index contributed by atoms with van der Waals surface area (Å²) in [4.78, 5) is 25.6. The highest BCUT2D eigenvalue weighted by Crippen LogP contribution is 2.18. The van der Waals surface area contributed by atoms with Crippen LogP contribution >= 0.6 is 0 Å². The van der Waals surface area contributed by atoms with Gasteiger partial charge in [-0.15, -0.1) is 0 Å². The molecule has 0 saturated heterocycles. The van der Waals surface area contributed by atoms with Gasteiger partial charge >= 0.3 is 0 Å². The lowest BCUT2D eigenvalue weighted by Crippen LogP contribution is -2.40. The summed E-state index contributed by atoms with van der Waals surface area (Å²) < 4.78 is 18.6. The number of hydrogen-bond donors (Lipinski definition) is 1. The lowest BCUT2D eigenvalue weighted by molar-refractivity contribution is -0.123. The first kappa shape index (κ1) is 18.4. The minimum Gasteiger partial charge on any atom is -0.497 e. The highest BCUT2D eigenvalue weighted by atomic mass is 19.1. The van der Waals surface area contributed by atoms with E-state index in [1.807, 2.05) is 24.3 Å². The van der Waals surface area contributed by atoms with Gasteiger partial charge in [-0.1, -0.05) is 18.2 Å². The van der Waals surface area contributed by atoms with E-state index in [1.165, 1.54) is 30.1 Å². The Morgan fingerprint density at radius 2 is 1.88 bits per heavy atom. The van der Waals surface area contributed by atoms with Gasteiger partial charge in [0.05, 0.1) is 7.11 Å². The summed E-state index contributed by atoms with van der Waals surface area (Å²) in [7, 11) is 3.09. The summed E-state index contributed by atoms with van der Waals surface area (Å²) in [6.07, 6.45) is 0.724. The van der Waals surface area contributed by atoms with Crippen molar-refractivity contribution in [2.75, 3.05) is 25.6 Å². The Kier molecular flexibility index (Phi) is 6.51. The summed E-state index contributed by atoms with van der Waals surface area (Å²) in [6, 6.07) is 13.1. The Bertz CT molecular complexity index is 732. The molecule has 1 N–H and O–H groups in total. The van der Waals surface area contributed by atoms with Gasteiger partial charge in [0.15, 0.2) is 0 Å². The number of anilines is 1. The molecular formula is C19H21FN2O3. The van der Waals surface area contributed by atoms with Crippen LogP contribution in [-0.2, 0) is 16.0 Å². The van der Waals surface area contributed by atoms with E-state index in [1.54, 1.807) is 13.2 Å². The number of nitrogens with one attached hydrogen (secondary N) is 1. The number of nitrogens with zero attached hydrogens (tertiary/aromatic N) is 1. The van der Waals surface area contributed by atoms with Gasteiger partial charge in [0.25, 0.3) is 0 Å². The maximum Gasteiger partial charge on any atom is 0.239 e. The molecule has 0 unspecified atom stereocenters. The third-order valence-electron chi connectivity index (χ3n) is 3.79. The van der Waals surface area contributed by atoms with Crippen LogP contribution in [0.15, 0.2) is 48.5 Å². The van der Waals surface area contributed by atoms with Gasteiger partial charge in [0, 0.05) is 19.2 Å². The summed E-state index contributed by atoms with van der Waals surface area (Å²) in [6.45, 7) is -0.151. The number of hydrogen-bond acceptors (Lipinski definition) is 3. The fourth-order valence-electron chi connectivity index (χ4n) is 2.37. The second kappa shape index (κ2) is 8.82. The van der Waals surface area contributed by atoms with Crippen LogP contribution in [0.4, 0.5) is 10.1 Å². The fraction of sp³-hybridized carbons (Fsp3) is 0.263. The van der Waals surface area contributed by atoms with Crippen LogP contribution in [0.2, 0.25) is 0 Å². The number of carbonyl (C=O) groups is 2. The topological polar surface area (TPSA) is 58.6 Å². The van der Waals surface area contributed by atoms with Gasteiger partial charge < -0.3 is 15.0 Å². The van der Waals surface area contributed by atoms with Crippen LogP contribution in [-0.4, -0.2) is 32.5 Å². The summed E-state index contributed by atoms with van der Waals surface area (Å²) in [5, 5.41) is 2.48. The molecule has 0 heterocycles. The molecule has 2 amide bonds.